The molecule has 1 atom stereocenters. The maximum atomic E-state index is 12.1. The fourth-order valence-corrected chi connectivity index (χ4v) is 2.90. The molecule has 21 heavy (non-hydrogen) atoms. The molecule has 0 radical (unpaired) electrons. The number of nitriles is 1. The number of halogens is 1. The van der Waals surface area contributed by atoms with Gasteiger partial charge in [0.05, 0.1) is 23.9 Å². The Labute approximate surface area is 129 Å². The highest BCUT2D eigenvalue weighted by atomic mass is 35.5. The van der Waals surface area contributed by atoms with Gasteiger partial charge >= 0.3 is 0 Å². The number of nitrogens with one attached hydrogen (secondary N) is 1. The van der Waals surface area contributed by atoms with E-state index in [1.54, 1.807) is 13.0 Å². The molecular formula is C14H15ClN2O3S. The van der Waals surface area contributed by atoms with Crippen molar-refractivity contribution in [1.82, 2.24) is 0 Å². The summed E-state index contributed by atoms with van der Waals surface area (Å²) >= 11 is 5.87. The smallest absolute Gasteiger partial charge is 0.249 e. The van der Waals surface area contributed by atoms with Crippen LogP contribution >= 0.6 is 11.6 Å². The molecular weight excluding hydrogens is 312 g/mol. The summed E-state index contributed by atoms with van der Waals surface area (Å²) in [5, 5.41) is 16.9. The minimum atomic E-state index is -3.81. The van der Waals surface area contributed by atoms with Gasteiger partial charge in [-0.05, 0) is 24.6 Å². The normalized spacial score (nSPS) is 11.9. The van der Waals surface area contributed by atoms with Gasteiger partial charge in [-0.25, -0.2) is 8.42 Å². The number of hydrogen-bond acceptors (Lipinski definition) is 4. The number of benzene rings is 1. The summed E-state index contributed by atoms with van der Waals surface area (Å²) in [6.07, 6.45) is 0.458. The van der Waals surface area contributed by atoms with Crippen molar-refractivity contribution in [2.45, 2.75) is 25.0 Å². The number of aliphatic hydroxyl groups excluding tert-OH is 1. The molecule has 112 valence electrons. The zero-order valence-electron chi connectivity index (χ0n) is 11.4. The van der Waals surface area contributed by atoms with Gasteiger partial charge in [-0.3, -0.25) is 4.72 Å². The molecule has 0 heterocycles. The maximum absolute atomic E-state index is 12.1. The summed E-state index contributed by atoms with van der Waals surface area (Å²) in [5.74, 6) is 5.45. The van der Waals surface area contributed by atoms with Crippen LogP contribution in [0.15, 0.2) is 18.2 Å². The van der Waals surface area contributed by atoms with Gasteiger partial charge < -0.3 is 5.11 Å². The second-order valence-corrected chi connectivity index (χ2v) is 6.44. The minimum absolute atomic E-state index is 0.0824. The van der Waals surface area contributed by atoms with Crippen LogP contribution in [-0.4, -0.2) is 25.4 Å². The van der Waals surface area contributed by atoms with Gasteiger partial charge in [0.25, 0.3) is 0 Å². The molecule has 1 aromatic carbocycles. The van der Waals surface area contributed by atoms with Gasteiger partial charge in [-0.1, -0.05) is 30.4 Å². The third-order valence-corrected chi connectivity index (χ3v) is 4.51. The standard InChI is InChI=1S/C14H15ClN2O3S/c1-2-13(10-16)21(19,20)17-14-7-6-12(15)9-11(14)5-3-4-8-18/h6-7,9,13,17-18H,2,4,8H2,1H3. The summed E-state index contributed by atoms with van der Waals surface area (Å²) in [6, 6.07) is 6.30. The SMILES string of the molecule is CCC(C#N)S(=O)(=O)Nc1ccc(Cl)cc1C#CCCO. The van der Waals surface area contributed by atoms with E-state index in [1.807, 2.05) is 0 Å². The number of aliphatic hydroxyl groups is 1. The first kappa shape index (κ1) is 17.3. The zero-order chi connectivity index (χ0) is 15.9. The summed E-state index contributed by atoms with van der Waals surface area (Å²) in [6.45, 7) is 1.54. The Kier molecular flexibility index (Phi) is 6.51. The molecule has 0 saturated heterocycles. The van der Waals surface area contributed by atoms with Crippen LogP contribution in [0.3, 0.4) is 0 Å². The second-order valence-electron chi connectivity index (χ2n) is 4.14. The van der Waals surface area contributed by atoms with Crippen LogP contribution in [0.25, 0.3) is 0 Å². The van der Waals surface area contributed by atoms with Crippen molar-refractivity contribution in [3.63, 3.8) is 0 Å². The lowest BCUT2D eigenvalue weighted by Gasteiger charge is -2.12. The van der Waals surface area contributed by atoms with E-state index in [1.165, 1.54) is 18.2 Å². The molecule has 0 fully saturated rings. The maximum Gasteiger partial charge on any atom is 0.249 e. The van der Waals surface area contributed by atoms with E-state index >= 15 is 0 Å². The zero-order valence-corrected chi connectivity index (χ0v) is 13.0. The molecule has 5 nitrogen and oxygen atoms in total. The number of nitrogens with zero attached hydrogens (tertiary/aromatic N) is 1. The Bertz CT molecular complexity index is 699. The van der Waals surface area contributed by atoms with Crippen molar-refractivity contribution in [1.29, 1.82) is 5.26 Å². The van der Waals surface area contributed by atoms with E-state index in [0.29, 0.717) is 10.6 Å². The molecule has 1 aromatic rings. The molecule has 0 saturated carbocycles. The summed E-state index contributed by atoms with van der Waals surface area (Å²) in [4.78, 5) is 0. The molecule has 0 bridgehead atoms. The highest BCUT2D eigenvalue weighted by Crippen LogP contribution is 2.22. The van der Waals surface area contributed by atoms with E-state index < -0.39 is 15.3 Å². The third kappa shape index (κ3) is 4.95. The van der Waals surface area contributed by atoms with Crippen molar-refractivity contribution < 1.29 is 13.5 Å². The summed E-state index contributed by atoms with van der Waals surface area (Å²) in [7, 11) is -3.81. The molecule has 0 amide bonds. The predicted molar refractivity (Wildman–Crippen MR) is 82.3 cm³/mol. The molecule has 1 rings (SSSR count). The first-order chi connectivity index (χ1) is 9.94. The Morgan fingerprint density at radius 1 is 1.48 bits per heavy atom. The Morgan fingerprint density at radius 3 is 2.76 bits per heavy atom. The Balaban J connectivity index is 3.15. The van der Waals surface area contributed by atoms with Crippen LogP contribution in [0.5, 0.6) is 0 Å². The van der Waals surface area contributed by atoms with Gasteiger partial charge in [-0.2, -0.15) is 5.26 Å². The van der Waals surface area contributed by atoms with Gasteiger partial charge in [0.15, 0.2) is 5.25 Å². The number of anilines is 1. The predicted octanol–water partition coefficient (Wildman–Crippen LogP) is 2.12. The average Bonchev–Trinajstić information content (AvgIpc) is 2.43. The highest BCUT2D eigenvalue weighted by molar-refractivity contribution is 7.93. The van der Waals surface area contributed by atoms with Gasteiger partial charge in [0.1, 0.15) is 0 Å². The van der Waals surface area contributed by atoms with E-state index in [0.717, 1.165) is 0 Å². The molecule has 0 aliphatic rings. The molecule has 0 aromatic heterocycles. The van der Waals surface area contributed by atoms with Crippen LogP contribution in [-0.2, 0) is 10.0 Å². The molecule has 0 aliphatic carbocycles. The van der Waals surface area contributed by atoms with Crippen molar-refractivity contribution in [2.75, 3.05) is 11.3 Å². The van der Waals surface area contributed by atoms with Gasteiger partial charge in [-0.15, -0.1) is 0 Å². The topological polar surface area (TPSA) is 90.2 Å². The van der Waals surface area contributed by atoms with Crippen molar-refractivity contribution >= 4 is 27.3 Å². The van der Waals surface area contributed by atoms with Crippen molar-refractivity contribution in [3.8, 4) is 17.9 Å². The van der Waals surface area contributed by atoms with Crippen molar-refractivity contribution in [2.24, 2.45) is 0 Å². The van der Waals surface area contributed by atoms with Crippen LogP contribution in [0, 0.1) is 23.2 Å². The summed E-state index contributed by atoms with van der Waals surface area (Å²) < 4.78 is 26.5. The van der Waals surface area contributed by atoms with Crippen LogP contribution in [0.1, 0.15) is 25.3 Å². The lowest BCUT2D eigenvalue weighted by molar-refractivity contribution is 0.305. The number of hydrogen-bond donors (Lipinski definition) is 2. The number of sulfonamides is 1. The second kappa shape index (κ2) is 7.90. The Morgan fingerprint density at radius 2 is 2.19 bits per heavy atom. The average molecular weight is 327 g/mol. The van der Waals surface area contributed by atoms with E-state index in [4.69, 9.17) is 22.0 Å². The minimum Gasteiger partial charge on any atom is -0.395 e. The fourth-order valence-electron chi connectivity index (χ4n) is 1.53. The summed E-state index contributed by atoms with van der Waals surface area (Å²) in [5.41, 5.74) is 0.658. The first-order valence-electron chi connectivity index (χ1n) is 6.25. The van der Waals surface area contributed by atoms with Crippen molar-refractivity contribution in [3.05, 3.63) is 28.8 Å². The number of rotatable bonds is 5. The van der Waals surface area contributed by atoms with Gasteiger partial charge in [0.2, 0.25) is 10.0 Å². The van der Waals surface area contributed by atoms with Crippen LogP contribution < -0.4 is 4.72 Å². The van der Waals surface area contributed by atoms with Crippen LogP contribution in [0.2, 0.25) is 5.02 Å². The molecule has 7 heteroatoms. The fraction of sp³-hybridized carbons (Fsp3) is 0.357. The van der Waals surface area contributed by atoms with Crippen LogP contribution in [0.4, 0.5) is 5.69 Å². The quantitative estimate of drug-likeness (QED) is 0.811. The molecule has 1 unspecified atom stereocenters. The largest absolute Gasteiger partial charge is 0.395 e. The first-order valence-corrected chi connectivity index (χ1v) is 8.17. The van der Waals surface area contributed by atoms with Gasteiger partial charge in [0, 0.05) is 11.4 Å². The van der Waals surface area contributed by atoms with E-state index in [2.05, 4.69) is 16.6 Å². The van der Waals surface area contributed by atoms with E-state index in [9.17, 15) is 8.42 Å². The molecule has 0 spiro atoms. The Hall–Kier alpha value is -1.73. The molecule has 0 aliphatic heterocycles. The highest BCUT2D eigenvalue weighted by Gasteiger charge is 2.24. The van der Waals surface area contributed by atoms with E-state index in [-0.39, 0.29) is 25.1 Å². The lowest BCUT2D eigenvalue weighted by Crippen LogP contribution is -2.26. The third-order valence-electron chi connectivity index (χ3n) is 2.58. The molecule has 2 N–H and O–H groups in total. The monoisotopic (exact) mass is 326 g/mol. The lowest BCUT2D eigenvalue weighted by atomic mass is 10.2.